The molecule has 0 radical (unpaired) electrons. The summed E-state index contributed by atoms with van der Waals surface area (Å²) in [6.07, 6.45) is 0.861. The first-order valence-electron chi connectivity index (χ1n) is 6.41. The first-order chi connectivity index (χ1) is 9.06. The predicted octanol–water partition coefficient (Wildman–Crippen LogP) is 3.68. The minimum absolute atomic E-state index is 0.180. The average Bonchev–Trinajstić information content (AvgIpc) is 2.36. The summed E-state index contributed by atoms with van der Waals surface area (Å²) in [7, 11) is 0. The van der Waals surface area contributed by atoms with Crippen molar-refractivity contribution in [3.63, 3.8) is 0 Å². The Morgan fingerprint density at radius 3 is 2.53 bits per heavy atom. The molecule has 0 aliphatic carbocycles. The van der Waals surface area contributed by atoms with E-state index in [0.29, 0.717) is 0 Å². The van der Waals surface area contributed by atoms with E-state index in [1.54, 1.807) is 6.07 Å². The lowest BCUT2D eigenvalue weighted by molar-refractivity contribution is 0.625. The van der Waals surface area contributed by atoms with Crippen molar-refractivity contribution >= 4 is 11.4 Å². The van der Waals surface area contributed by atoms with Gasteiger partial charge >= 0.3 is 0 Å². The Hall–Kier alpha value is -2.03. The van der Waals surface area contributed by atoms with Crippen LogP contribution in [-0.4, -0.2) is 6.54 Å². The van der Waals surface area contributed by atoms with Crippen LogP contribution in [0.25, 0.3) is 0 Å². The topological polar surface area (TPSA) is 38.0 Å². The second-order valence-corrected chi connectivity index (χ2v) is 4.82. The number of anilines is 2. The molecule has 3 heteroatoms. The van der Waals surface area contributed by atoms with Gasteiger partial charge in [-0.3, -0.25) is 0 Å². The van der Waals surface area contributed by atoms with Crippen LogP contribution in [0.1, 0.15) is 16.7 Å². The van der Waals surface area contributed by atoms with E-state index < -0.39 is 0 Å². The van der Waals surface area contributed by atoms with E-state index in [2.05, 4.69) is 5.32 Å². The molecular formula is C16H19FN2. The summed E-state index contributed by atoms with van der Waals surface area (Å²) >= 11 is 0. The van der Waals surface area contributed by atoms with Crippen LogP contribution in [0, 0.1) is 19.7 Å². The van der Waals surface area contributed by atoms with Crippen LogP contribution in [0.15, 0.2) is 36.4 Å². The molecule has 0 heterocycles. The number of hydrogen-bond acceptors (Lipinski definition) is 2. The fourth-order valence-corrected chi connectivity index (χ4v) is 2.03. The quantitative estimate of drug-likeness (QED) is 0.821. The van der Waals surface area contributed by atoms with Crippen molar-refractivity contribution in [2.24, 2.45) is 0 Å². The Bertz CT molecular complexity index is 579. The third kappa shape index (κ3) is 3.47. The lowest BCUT2D eigenvalue weighted by Crippen LogP contribution is -2.06. The number of benzene rings is 2. The van der Waals surface area contributed by atoms with E-state index >= 15 is 0 Å². The molecule has 0 aliphatic heterocycles. The highest BCUT2D eigenvalue weighted by Gasteiger charge is 2.01. The van der Waals surface area contributed by atoms with Crippen molar-refractivity contribution in [3.8, 4) is 0 Å². The maximum atomic E-state index is 13.0. The minimum Gasteiger partial charge on any atom is -0.398 e. The highest BCUT2D eigenvalue weighted by Crippen LogP contribution is 2.17. The van der Waals surface area contributed by atoms with E-state index in [0.717, 1.165) is 41.0 Å². The molecule has 0 amide bonds. The molecule has 0 aliphatic rings. The Morgan fingerprint density at radius 1 is 1.05 bits per heavy atom. The van der Waals surface area contributed by atoms with E-state index in [1.807, 2.05) is 38.1 Å². The monoisotopic (exact) mass is 258 g/mol. The zero-order valence-corrected chi connectivity index (χ0v) is 11.3. The largest absolute Gasteiger partial charge is 0.398 e. The summed E-state index contributed by atoms with van der Waals surface area (Å²) < 4.78 is 13.0. The zero-order valence-electron chi connectivity index (χ0n) is 11.3. The Balaban J connectivity index is 1.94. The fraction of sp³-hybridized carbons (Fsp3) is 0.250. The number of aryl methyl sites for hydroxylation is 2. The summed E-state index contributed by atoms with van der Waals surface area (Å²) in [5.74, 6) is -0.180. The minimum atomic E-state index is -0.180. The molecule has 0 atom stereocenters. The van der Waals surface area contributed by atoms with Gasteiger partial charge in [0, 0.05) is 17.9 Å². The number of nitrogen functional groups attached to an aromatic ring is 1. The Labute approximate surface area is 113 Å². The molecule has 100 valence electrons. The third-order valence-electron chi connectivity index (χ3n) is 3.31. The van der Waals surface area contributed by atoms with Crippen LogP contribution in [0.5, 0.6) is 0 Å². The molecule has 2 aromatic carbocycles. The summed E-state index contributed by atoms with van der Waals surface area (Å²) in [4.78, 5) is 0. The molecule has 0 spiro atoms. The lowest BCUT2D eigenvalue weighted by Gasteiger charge is -2.10. The fourth-order valence-electron chi connectivity index (χ4n) is 2.03. The van der Waals surface area contributed by atoms with Crippen LogP contribution in [0.3, 0.4) is 0 Å². The molecule has 0 saturated carbocycles. The Kier molecular flexibility index (Phi) is 4.05. The summed E-state index contributed by atoms with van der Waals surface area (Å²) in [6.45, 7) is 4.72. The van der Waals surface area contributed by atoms with Gasteiger partial charge in [-0.15, -0.1) is 0 Å². The molecular weight excluding hydrogens is 239 g/mol. The SMILES string of the molecule is Cc1ccc(NCCc2ccc(F)cc2C)cc1N. The van der Waals surface area contributed by atoms with Crippen LogP contribution in [0.4, 0.5) is 15.8 Å². The molecule has 19 heavy (non-hydrogen) atoms. The predicted molar refractivity (Wildman–Crippen MR) is 78.9 cm³/mol. The molecule has 2 aromatic rings. The summed E-state index contributed by atoms with van der Waals surface area (Å²) in [6, 6.07) is 10.9. The van der Waals surface area contributed by atoms with Gasteiger partial charge in [-0.05, 0) is 61.2 Å². The van der Waals surface area contributed by atoms with Crippen molar-refractivity contribution < 1.29 is 4.39 Å². The van der Waals surface area contributed by atoms with Crippen molar-refractivity contribution in [2.75, 3.05) is 17.6 Å². The Morgan fingerprint density at radius 2 is 1.84 bits per heavy atom. The first kappa shape index (κ1) is 13.4. The lowest BCUT2D eigenvalue weighted by atomic mass is 10.1. The maximum absolute atomic E-state index is 13.0. The maximum Gasteiger partial charge on any atom is 0.123 e. The second kappa shape index (κ2) is 5.74. The van der Waals surface area contributed by atoms with Crippen LogP contribution < -0.4 is 11.1 Å². The van der Waals surface area contributed by atoms with Gasteiger partial charge in [0.05, 0.1) is 0 Å². The van der Waals surface area contributed by atoms with Crippen LogP contribution in [0.2, 0.25) is 0 Å². The van der Waals surface area contributed by atoms with Crippen molar-refractivity contribution in [2.45, 2.75) is 20.3 Å². The standard InChI is InChI=1S/C16H19FN2/c1-11-3-6-15(10-16(11)18)19-8-7-13-4-5-14(17)9-12(13)2/h3-6,9-10,19H,7-8,18H2,1-2H3. The number of halogens is 1. The third-order valence-corrected chi connectivity index (χ3v) is 3.31. The van der Waals surface area contributed by atoms with Gasteiger partial charge < -0.3 is 11.1 Å². The second-order valence-electron chi connectivity index (χ2n) is 4.82. The summed E-state index contributed by atoms with van der Waals surface area (Å²) in [5.41, 5.74) is 10.9. The van der Waals surface area contributed by atoms with E-state index in [9.17, 15) is 4.39 Å². The van der Waals surface area contributed by atoms with E-state index in [4.69, 9.17) is 5.73 Å². The smallest absolute Gasteiger partial charge is 0.123 e. The van der Waals surface area contributed by atoms with Gasteiger partial charge in [0.2, 0.25) is 0 Å². The van der Waals surface area contributed by atoms with Gasteiger partial charge in [-0.2, -0.15) is 0 Å². The van der Waals surface area contributed by atoms with Crippen LogP contribution >= 0.6 is 0 Å². The summed E-state index contributed by atoms with van der Waals surface area (Å²) in [5, 5.41) is 3.33. The molecule has 0 bridgehead atoms. The number of hydrogen-bond donors (Lipinski definition) is 2. The number of nitrogens with two attached hydrogens (primary N) is 1. The highest BCUT2D eigenvalue weighted by molar-refractivity contribution is 5.58. The number of nitrogens with one attached hydrogen (secondary N) is 1. The molecule has 0 saturated heterocycles. The normalized spacial score (nSPS) is 10.5. The molecule has 2 rings (SSSR count). The molecule has 2 nitrogen and oxygen atoms in total. The van der Waals surface area contributed by atoms with Gasteiger partial charge in [0.25, 0.3) is 0 Å². The van der Waals surface area contributed by atoms with E-state index in [-0.39, 0.29) is 5.82 Å². The van der Waals surface area contributed by atoms with Gasteiger partial charge in [0.1, 0.15) is 5.82 Å². The highest BCUT2D eigenvalue weighted by atomic mass is 19.1. The first-order valence-corrected chi connectivity index (χ1v) is 6.41. The molecule has 3 N–H and O–H groups in total. The van der Waals surface area contributed by atoms with Gasteiger partial charge in [-0.25, -0.2) is 4.39 Å². The van der Waals surface area contributed by atoms with Gasteiger partial charge in [0.15, 0.2) is 0 Å². The average molecular weight is 258 g/mol. The van der Waals surface area contributed by atoms with Gasteiger partial charge in [-0.1, -0.05) is 12.1 Å². The van der Waals surface area contributed by atoms with E-state index in [1.165, 1.54) is 6.07 Å². The van der Waals surface area contributed by atoms with Crippen molar-refractivity contribution in [1.29, 1.82) is 0 Å². The van der Waals surface area contributed by atoms with Crippen molar-refractivity contribution in [1.82, 2.24) is 0 Å². The van der Waals surface area contributed by atoms with Crippen LogP contribution in [-0.2, 0) is 6.42 Å². The molecule has 0 aromatic heterocycles. The molecule has 0 unspecified atom stereocenters. The molecule has 0 fully saturated rings. The van der Waals surface area contributed by atoms with Crippen molar-refractivity contribution in [3.05, 3.63) is 58.9 Å². The zero-order chi connectivity index (χ0) is 13.8. The number of rotatable bonds is 4.